The summed E-state index contributed by atoms with van der Waals surface area (Å²) in [5, 5.41) is 11.7. The number of ether oxygens (including phenoxy) is 6. The first-order chi connectivity index (χ1) is 30.4. The molecule has 0 aromatic heterocycles. The molecule has 4 aliphatic carbocycles. The van der Waals surface area contributed by atoms with Crippen molar-refractivity contribution >= 4 is 35.4 Å². The van der Waals surface area contributed by atoms with E-state index >= 15 is 0 Å². The summed E-state index contributed by atoms with van der Waals surface area (Å²) >= 11 is 0. The first kappa shape index (κ1) is 40.8. The number of aliphatic hydroxyl groups excluding tert-OH is 1. The summed E-state index contributed by atoms with van der Waals surface area (Å²) in [6.45, 7) is 9.22. The number of anilines is 2. The van der Waals surface area contributed by atoms with Gasteiger partial charge < -0.3 is 43.3 Å². The topological polar surface area (TPSA) is 157 Å². The number of hydrogen-bond donors (Lipinski definition) is 1. The fourth-order valence-corrected chi connectivity index (χ4v) is 11.2. The maximum atomic E-state index is 14.3. The van der Waals surface area contributed by atoms with Crippen LogP contribution in [0.2, 0.25) is 0 Å². The van der Waals surface area contributed by atoms with Crippen molar-refractivity contribution in [1.82, 2.24) is 9.80 Å². The normalized spacial score (nSPS) is 26.6. The lowest BCUT2D eigenvalue weighted by atomic mass is 9.35. The Morgan fingerprint density at radius 2 is 1.35 bits per heavy atom. The molecule has 4 heterocycles. The number of benzene rings is 3. The van der Waals surface area contributed by atoms with Crippen LogP contribution in [0.4, 0.5) is 21.0 Å². The van der Waals surface area contributed by atoms with Gasteiger partial charge in [-0.05, 0) is 73.6 Å². The fourth-order valence-electron chi connectivity index (χ4n) is 11.2. The van der Waals surface area contributed by atoms with E-state index in [1.54, 1.807) is 29.2 Å². The summed E-state index contributed by atoms with van der Waals surface area (Å²) in [5.41, 5.74) is 3.12. The van der Waals surface area contributed by atoms with Crippen molar-refractivity contribution in [3.05, 3.63) is 96.1 Å². The Bertz CT molecular complexity index is 2410. The Morgan fingerprint density at radius 3 is 1.95 bits per heavy atom. The van der Waals surface area contributed by atoms with E-state index in [0.29, 0.717) is 73.4 Å². The van der Waals surface area contributed by atoms with Gasteiger partial charge in [-0.1, -0.05) is 49.6 Å². The molecule has 3 aromatic rings. The van der Waals surface area contributed by atoms with Crippen LogP contribution in [0.1, 0.15) is 70.4 Å². The summed E-state index contributed by atoms with van der Waals surface area (Å²) in [7, 11) is 3.04. The Kier molecular flexibility index (Phi) is 9.88. The van der Waals surface area contributed by atoms with E-state index in [-0.39, 0.29) is 65.1 Å². The summed E-state index contributed by atoms with van der Waals surface area (Å²) in [5.74, 6) is 1.01. The third-order valence-corrected chi connectivity index (χ3v) is 14.3. The number of fused-ring (bicyclic) bond motifs is 5. The zero-order valence-electron chi connectivity index (χ0n) is 35.6. The Hall–Kier alpha value is -6.22. The average Bonchev–Trinajstić information content (AvgIpc) is 3.96. The van der Waals surface area contributed by atoms with Gasteiger partial charge in [0.2, 0.25) is 0 Å². The Labute approximate surface area is 365 Å². The van der Waals surface area contributed by atoms with Crippen molar-refractivity contribution in [2.24, 2.45) is 16.2 Å². The highest BCUT2D eigenvalue weighted by atomic mass is 16.6. The zero-order valence-corrected chi connectivity index (χ0v) is 35.6. The first-order valence-corrected chi connectivity index (χ1v) is 21.6. The van der Waals surface area contributed by atoms with E-state index in [1.807, 2.05) is 23.1 Å². The van der Waals surface area contributed by atoms with Gasteiger partial charge in [0.15, 0.2) is 29.2 Å². The summed E-state index contributed by atoms with van der Waals surface area (Å²) < 4.78 is 35.5. The van der Waals surface area contributed by atoms with Crippen LogP contribution in [0.25, 0.3) is 0 Å². The second-order valence-corrected chi connectivity index (χ2v) is 18.5. The molecule has 330 valence electrons. The maximum absolute atomic E-state index is 14.3. The molecule has 1 saturated heterocycles. The van der Waals surface area contributed by atoms with Crippen molar-refractivity contribution in [3.63, 3.8) is 0 Å². The second-order valence-electron chi connectivity index (χ2n) is 18.5. The molecule has 4 aliphatic heterocycles. The smallest absolute Gasteiger partial charge is 0.416 e. The number of amides is 4. The van der Waals surface area contributed by atoms with Crippen LogP contribution in [0.5, 0.6) is 23.0 Å². The predicted molar refractivity (Wildman–Crippen MR) is 230 cm³/mol. The molecule has 3 atom stereocenters. The van der Waals surface area contributed by atoms with E-state index in [2.05, 4.69) is 19.2 Å². The van der Waals surface area contributed by atoms with Gasteiger partial charge >= 0.3 is 12.2 Å². The molecule has 4 saturated carbocycles. The van der Waals surface area contributed by atoms with Crippen LogP contribution in [0.3, 0.4) is 0 Å². The second kappa shape index (κ2) is 15.2. The third-order valence-electron chi connectivity index (χ3n) is 14.3. The van der Waals surface area contributed by atoms with Gasteiger partial charge in [-0.25, -0.2) is 14.5 Å². The van der Waals surface area contributed by atoms with Gasteiger partial charge in [-0.15, -0.1) is 0 Å². The lowest BCUT2D eigenvalue weighted by molar-refractivity contribution is -0.232. The summed E-state index contributed by atoms with van der Waals surface area (Å²) in [6, 6.07) is 13.8. The van der Waals surface area contributed by atoms with Crippen LogP contribution in [-0.4, -0.2) is 111 Å². The van der Waals surface area contributed by atoms with Gasteiger partial charge in [-0.2, -0.15) is 0 Å². The fraction of sp³-hybridized carbons (Fsp3) is 0.458. The minimum absolute atomic E-state index is 0.0198. The Morgan fingerprint density at radius 1 is 0.778 bits per heavy atom. The molecular weight excluding hydrogens is 809 g/mol. The molecule has 11 rings (SSSR count). The molecule has 0 radical (unpaired) electrons. The van der Waals surface area contributed by atoms with Gasteiger partial charge in [0, 0.05) is 36.1 Å². The molecule has 2 bridgehead atoms. The number of carbonyl (C=O) groups is 4. The van der Waals surface area contributed by atoms with Crippen LogP contribution in [-0.2, 0) is 22.4 Å². The quantitative estimate of drug-likeness (QED) is 0.199. The molecule has 3 aromatic carbocycles. The molecule has 15 heteroatoms. The highest BCUT2D eigenvalue weighted by molar-refractivity contribution is 6.07. The third kappa shape index (κ3) is 6.82. The number of aliphatic hydroxyl groups is 1. The monoisotopic (exact) mass is 860 g/mol. The van der Waals surface area contributed by atoms with Crippen molar-refractivity contribution in [2.45, 2.75) is 69.8 Å². The molecule has 63 heavy (non-hydrogen) atoms. The minimum atomic E-state index is -1.32. The van der Waals surface area contributed by atoms with Crippen molar-refractivity contribution in [3.8, 4) is 23.0 Å². The van der Waals surface area contributed by atoms with Crippen molar-refractivity contribution in [2.75, 3.05) is 63.5 Å². The number of methoxy groups -OCH3 is 2. The number of nitrogens with zero attached hydrogens (tertiary/aromatic N) is 4. The van der Waals surface area contributed by atoms with Crippen LogP contribution < -0.4 is 28.7 Å². The lowest BCUT2D eigenvalue weighted by Gasteiger charge is -2.70. The highest BCUT2D eigenvalue weighted by Crippen LogP contribution is 2.73. The SMILES string of the molecule is C=CCOC(=O)N1C[C@@H]2Cc3ccccc3CN2C(=O)c2cc(OC)c(OCC34CC(COc5cc6c(cc5OC)C(=O)N5CC7(CC7)C[C@H]5[C@H](O)N6C(=O)OCC=C)(C3)C4)cc21. The standard InChI is InChI=1S/C48H52N4O11/c1-5-13-60-44(56)50-22-31-15-29-9-7-8-10-30(29)21-49(31)41(53)32-16-37(58-3)39(18-34(32)50)62-27-47-23-48(24-47,25-47)28-63-40-19-35-33(17-38(40)59-4)42(54)51-26-46(11-12-46)20-36(51)43(55)52(35)45(57)61-14-6-2/h5-10,16-19,31,36,43,55H,1-2,11-15,20-28H2,3-4H3/t31-,36-,43-,47?,48?/m0/s1. The maximum Gasteiger partial charge on any atom is 0.416 e. The average molecular weight is 861 g/mol. The van der Waals surface area contributed by atoms with Gasteiger partial charge in [0.1, 0.15) is 13.2 Å². The number of hydrogen-bond acceptors (Lipinski definition) is 11. The van der Waals surface area contributed by atoms with Crippen LogP contribution >= 0.6 is 0 Å². The van der Waals surface area contributed by atoms with Gasteiger partial charge in [-0.3, -0.25) is 14.5 Å². The summed E-state index contributed by atoms with van der Waals surface area (Å²) in [6.07, 6.45) is 5.91. The lowest BCUT2D eigenvalue weighted by Crippen LogP contribution is -2.66. The summed E-state index contributed by atoms with van der Waals surface area (Å²) in [4.78, 5) is 61.8. The molecule has 0 unspecified atom stereocenters. The molecule has 15 nitrogen and oxygen atoms in total. The van der Waals surface area contributed by atoms with Crippen molar-refractivity contribution < 1.29 is 52.7 Å². The molecule has 8 aliphatic rings. The zero-order chi connectivity index (χ0) is 43.8. The van der Waals surface area contributed by atoms with E-state index in [9.17, 15) is 24.3 Å². The first-order valence-electron chi connectivity index (χ1n) is 21.6. The molecule has 1 N–H and O–H groups in total. The highest BCUT2D eigenvalue weighted by Gasteiger charge is 2.68. The van der Waals surface area contributed by atoms with E-state index < -0.39 is 24.5 Å². The Balaban J connectivity index is 0.853. The molecule has 5 fully saturated rings. The number of carbonyl (C=O) groups excluding carboxylic acids is 4. The van der Waals surface area contributed by atoms with E-state index in [4.69, 9.17) is 28.4 Å². The van der Waals surface area contributed by atoms with Gasteiger partial charge in [0.25, 0.3) is 11.8 Å². The number of rotatable bonds is 12. The van der Waals surface area contributed by atoms with Crippen LogP contribution in [0, 0.1) is 16.2 Å². The van der Waals surface area contributed by atoms with Crippen LogP contribution in [0.15, 0.2) is 73.8 Å². The van der Waals surface area contributed by atoms with Crippen molar-refractivity contribution in [1.29, 1.82) is 0 Å². The van der Waals surface area contributed by atoms with Gasteiger partial charge in [0.05, 0.1) is 68.6 Å². The largest absolute Gasteiger partial charge is 0.493 e. The molecule has 4 amide bonds. The minimum Gasteiger partial charge on any atom is -0.493 e. The van der Waals surface area contributed by atoms with E-state index in [1.165, 1.54) is 36.2 Å². The predicted octanol–water partition coefficient (Wildman–Crippen LogP) is 6.50. The molecule has 1 spiro atoms. The van der Waals surface area contributed by atoms with E-state index in [0.717, 1.165) is 43.2 Å². The molecular formula is C48H52N4O11.